The molecular weight excluding hydrogens is 102 g/mol. The lowest BCUT2D eigenvalue weighted by atomic mass is 10.3. The molecule has 0 aromatic rings. The van der Waals surface area contributed by atoms with Crippen LogP contribution in [0.3, 0.4) is 0 Å². The topological polar surface area (TPSA) is 55.3 Å². The highest BCUT2D eigenvalue weighted by molar-refractivity contribution is 4.63. The Balaban J connectivity index is 3.10. The third-order valence-corrected chi connectivity index (χ3v) is 0.902. The van der Waals surface area contributed by atoms with Crippen LogP contribution in [-0.2, 0) is 0 Å². The van der Waals surface area contributed by atoms with E-state index in [1.165, 1.54) is 0 Å². The Kier molecular flexibility index (Phi) is 3.77. The van der Waals surface area contributed by atoms with Crippen molar-refractivity contribution < 1.29 is 0 Å². The fourth-order valence-electron chi connectivity index (χ4n) is 0.544. The first-order chi connectivity index (χ1) is 3.66. The van der Waals surface area contributed by atoms with Gasteiger partial charge in [-0.05, 0) is 14.1 Å². The van der Waals surface area contributed by atoms with Crippen LogP contribution in [0.1, 0.15) is 0 Å². The van der Waals surface area contributed by atoms with Gasteiger partial charge in [0.2, 0.25) is 0 Å². The van der Waals surface area contributed by atoms with Crippen LogP contribution in [-0.4, -0.2) is 38.1 Å². The maximum atomic E-state index is 5.51. The summed E-state index contributed by atoms with van der Waals surface area (Å²) >= 11 is 0. The zero-order valence-corrected chi connectivity index (χ0v) is 5.59. The highest BCUT2D eigenvalue weighted by atomic mass is 15.1. The van der Waals surface area contributed by atoms with Crippen molar-refractivity contribution in [1.82, 2.24) is 4.90 Å². The molecule has 1 unspecified atom stereocenters. The molecule has 0 saturated heterocycles. The van der Waals surface area contributed by atoms with E-state index in [0.717, 1.165) is 6.54 Å². The lowest BCUT2D eigenvalue weighted by Gasteiger charge is -2.13. The van der Waals surface area contributed by atoms with Gasteiger partial charge in [-0.3, -0.25) is 0 Å². The van der Waals surface area contributed by atoms with Gasteiger partial charge in [-0.15, -0.1) is 0 Å². The largest absolute Gasteiger partial charge is 0.329 e. The summed E-state index contributed by atoms with van der Waals surface area (Å²) in [6.07, 6.45) is 0. The molecule has 0 amide bonds. The van der Waals surface area contributed by atoms with E-state index in [9.17, 15) is 0 Å². The van der Waals surface area contributed by atoms with Crippen molar-refractivity contribution in [3.8, 4) is 0 Å². The van der Waals surface area contributed by atoms with Crippen molar-refractivity contribution in [2.24, 2.45) is 11.5 Å². The van der Waals surface area contributed by atoms with Gasteiger partial charge in [-0.25, -0.2) is 0 Å². The molecule has 0 aromatic carbocycles. The van der Waals surface area contributed by atoms with Gasteiger partial charge < -0.3 is 16.4 Å². The molecule has 0 aliphatic carbocycles. The monoisotopic (exact) mass is 117 g/mol. The van der Waals surface area contributed by atoms with Crippen LogP contribution >= 0.6 is 0 Å². The average Bonchev–Trinajstić information content (AvgIpc) is 1.65. The molecular formula is C5H15N3. The molecule has 1 atom stereocenters. The van der Waals surface area contributed by atoms with Crippen LogP contribution in [0.25, 0.3) is 0 Å². The first-order valence-electron chi connectivity index (χ1n) is 2.77. The van der Waals surface area contributed by atoms with E-state index in [0.29, 0.717) is 6.54 Å². The third kappa shape index (κ3) is 4.05. The summed E-state index contributed by atoms with van der Waals surface area (Å²) in [6.45, 7) is 1.44. The summed E-state index contributed by atoms with van der Waals surface area (Å²) < 4.78 is 0. The van der Waals surface area contributed by atoms with E-state index in [1.807, 2.05) is 19.0 Å². The minimum atomic E-state index is 0.130. The van der Waals surface area contributed by atoms with Crippen molar-refractivity contribution >= 4 is 0 Å². The van der Waals surface area contributed by atoms with Gasteiger partial charge in [0.15, 0.2) is 0 Å². The lowest BCUT2D eigenvalue weighted by molar-refractivity contribution is 0.375. The minimum Gasteiger partial charge on any atom is -0.329 e. The number of likely N-dealkylation sites (N-methyl/N-ethyl adjacent to an activating group) is 1. The molecule has 0 heterocycles. The van der Waals surface area contributed by atoms with E-state index < -0.39 is 0 Å². The third-order valence-electron chi connectivity index (χ3n) is 0.902. The van der Waals surface area contributed by atoms with E-state index in [-0.39, 0.29) is 6.04 Å². The molecule has 0 fully saturated rings. The predicted molar refractivity (Wildman–Crippen MR) is 35.6 cm³/mol. The first-order valence-corrected chi connectivity index (χ1v) is 2.77. The Morgan fingerprint density at radius 1 is 1.50 bits per heavy atom. The highest BCUT2D eigenvalue weighted by Crippen LogP contribution is 1.76. The molecule has 4 N–H and O–H groups in total. The van der Waals surface area contributed by atoms with Crippen molar-refractivity contribution in [1.29, 1.82) is 0 Å². The summed E-state index contributed by atoms with van der Waals surface area (Å²) in [4.78, 5) is 2.03. The zero-order valence-electron chi connectivity index (χ0n) is 5.59. The summed E-state index contributed by atoms with van der Waals surface area (Å²) in [7, 11) is 3.96. The van der Waals surface area contributed by atoms with E-state index >= 15 is 0 Å². The summed E-state index contributed by atoms with van der Waals surface area (Å²) in [5.74, 6) is 0. The smallest absolute Gasteiger partial charge is 0.0292 e. The molecule has 50 valence electrons. The fourth-order valence-corrected chi connectivity index (χ4v) is 0.544. The van der Waals surface area contributed by atoms with Gasteiger partial charge in [0, 0.05) is 19.1 Å². The number of hydrogen-bond acceptors (Lipinski definition) is 3. The van der Waals surface area contributed by atoms with Crippen LogP contribution in [0, 0.1) is 0 Å². The second kappa shape index (κ2) is 3.83. The maximum Gasteiger partial charge on any atom is 0.0292 e. The lowest BCUT2D eigenvalue weighted by Crippen LogP contribution is -2.39. The normalized spacial score (nSPS) is 14.6. The molecule has 0 bridgehead atoms. The van der Waals surface area contributed by atoms with Gasteiger partial charge in [0.05, 0.1) is 0 Å². The maximum absolute atomic E-state index is 5.51. The molecule has 3 nitrogen and oxygen atoms in total. The van der Waals surface area contributed by atoms with Crippen molar-refractivity contribution in [2.75, 3.05) is 27.2 Å². The van der Waals surface area contributed by atoms with Crippen LogP contribution in [0.5, 0.6) is 0 Å². The van der Waals surface area contributed by atoms with Crippen LogP contribution in [0.4, 0.5) is 0 Å². The molecule has 0 radical (unpaired) electrons. The summed E-state index contributed by atoms with van der Waals surface area (Å²) in [5, 5.41) is 0. The van der Waals surface area contributed by atoms with Crippen molar-refractivity contribution in [2.45, 2.75) is 6.04 Å². The van der Waals surface area contributed by atoms with Crippen LogP contribution < -0.4 is 11.5 Å². The molecule has 3 heteroatoms. The minimum absolute atomic E-state index is 0.130. The number of hydrogen-bond donors (Lipinski definition) is 2. The van der Waals surface area contributed by atoms with E-state index in [4.69, 9.17) is 11.5 Å². The average molecular weight is 117 g/mol. The second-order valence-electron chi connectivity index (χ2n) is 2.26. The predicted octanol–water partition coefficient (Wildman–Crippen LogP) is -1.17. The molecule has 0 spiro atoms. The number of nitrogens with zero attached hydrogens (tertiary/aromatic N) is 1. The Morgan fingerprint density at radius 2 is 2.00 bits per heavy atom. The van der Waals surface area contributed by atoms with Crippen molar-refractivity contribution in [3.05, 3.63) is 0 Å². The van der Waals surface area contributed by atoms with Crippen LogP contribution in [0.2, 0.25) is 0 Å². The first kappa shape index (κ1) is 7.88. The molecule has 8 heavy (non-hydrogen) atoms. The Labute approximate surface area is 50.6 Å². The van der Waals surface area contributed by atoms with Gasteiger partial charge >= 0.3 is 0 Å². The quantitative estimate of drug-likeness (QED) is 0.490. The molecule has 0 aliphatic heterocycles. The molecule has 0 aromatic heterocycles. The summed E-state index contributed by atoms with van der Waals surface area (Å²) in [5.41, 5.74) is 10.8. The van der Waals surface area contributed by atoms with Gasteiger partial charge in [0.1, 0.15) is 0 Å². The van der Waals surface area contributed by atoms with E-state index in [1.54, 1.807) is 0 Å². The number of nitrogens with two attached hydrogens (primary N) is 2. The fraction of sp³-hybridized carbons (Fsp3) is 1.00. The van der Waals surface area contributed by atoms with Gasteiger partial charge in [-0.1, -0.05) is 0 Å². The Bertz CT molecular complexity index is 53.6. The SMILES string of the molecule is CN(C)CC(N)CN. The molecule has 0 rings (SSSR count). The van der Waals surface area contributed by atoms with Gasteiger partial charge in [-0.2, -0.15) is 0 Å². The number of rotatable bonds is 3. The second-order valence-corrected chi connectivity index (χ2v) is 2.26. The Morgan fingerprint density at radius 3 is 2.12 bits per heavy atom. The molecule has 0 aliphatic rings. The van der Waals surface area contributed by atoms with Crippen molar-refractivity contribution in [3.63, 3.8) is 0 Å². The van der Waals surface area contributed by atoms with Crippen LogP contribution in [0.15, 0.2) is 0 Å². The highest BCUT2D eigenvalue weighted by Gasteiger charge is 1.98. The summed E-state index contributed by atoms with van der Waals surface area (Å²) in [6, 6.07) is 0.130. The van der Waals surface area contributed by atoms with E-state index in [2.05, 4.69) is 0 Å². The Hall–Kier alpha value is -0.120. The zero-order chi connectivity index (χ0) is 6.57. The van der Waals surface area contributed by atoms with Gasteiger partial charge in [0.25, 0.3) is 0 Å². The standard InChI is InChI=1S/C5H15N3/c1-8(2)4-5(7)3-6/h5H,3-4,6-7H2,1-2H3. The molecule has 0 saturated carbocycles.